The Labute approximate surface area is 135 Å². The van der Waals surface area contributed by atoms with E-state index in [-0.39, 0.29) is 23.1 Å². The first-order chi connectivity index (χ1) is 10.0. The third-order valence-electron chi connectivity index (χ3n) is 6.61. The van der Waals surface area contributed by atoms with Gasteiger partial charge < -0.3 is 9.53 Å². The van der Waals surface area contributed by atoms with Gasteiger partial charge in [-0.25, -0.2) is 0 Å². The van der Waals surface area contributed by atoms with Gasteiger partial charge in [0.2, 0.25) is 0 Å². The molecule has 0 spiro atoms. The van der Waals surface area contributed by atoms with E-state index < -0.39 is 5.60 Å². The molecule has 0 saturated heterocycles. The van der Waals surface area contributed by atoms with E-state index in [1.807, 2.05) is 6.92 Å². The zero-order valence-corrected chi connectivity index (χ0v) is 15.1. The van der Waals surface area contributed by atoms with E-state index in [4.69, 9.17) is 4.74 Å². The van der Waals surface area contributed by atoms with Crippen LogP contribution in [0.4, 0.5) is 0 Å². The summed E-state index contributed by atoms with van der Waals surface area (Å²) in [4.78, 5) is 23.6. The molecular weight excluding hydrogens is 276 g/mol. The Kier molecular flexibility index (Phi) is 4.49. The predicted octanol–water partition coefficient (Wildman–Crippen LogP) is 4.53. The Morgan fingerprint density at radius 1 is 1.05 bits per heavy atom. The van der Waals surface area contributed by atoms with Gasteiger partial charge in [0.15, 0.2) is 0 Å². The molecule has 2 aliphatic carbocycles. The van der Waals surface area contributed by atoms with E-state index in [2.05, 4.69) is 20.8 Å². The molecule has 0 aliphatic heterocycles. The summed E-state index contributed by atoms with van der Waals surface area (Å²) in [5, 5.41) is 0. The zero-order valence-electron chi connectivity index (χ0n) is 15.1. The molecule has 2 saturated carbocycles. The summed E-state index contributed by atoms with van der Waals surface area (Å²) in [5.41, 5.74) is -0.119. The fourth-order valence-corrected chi connectivity index (χ4v) is 5.79. The Balaban J connectivity index is 2.43. The van der Waals surface area contributed by atoms with Crippen molar-refractivity contribution in [3.63, 3.8) is 0 Å². The molecule has 3 heteroatoms. The second-order valence-corrected chi connectivity index (χ2v) is 8.80. The van der Waals surface area contributed by atoms with Gasteiger partial charge in [-0.2, -0.15) is 0 Å². The molecule has 2 aliphatic rings. The summed E-state index contributed by atoms with van der Waals surface area (Å²) < 4.78 is 5.78. The number of Topliss-reactive ketones (excluding diaryl/α,β-unsaturated/α-hetero) is 1. The molecule has 126 valence electrons. The fraction of sp³-hybridized carbons (Fsp3) is 0.895. The molecule has 22 heavy (non-hydrogen) atoms. The maximum Gasteiger partial charge on any atom is 0.303 e. The van der Waals surface area contributed by atoms with Crippen molar-refractivity contribution in [2.75, 3.05) is 0 Å². The van der Waals surface area contributed by atoms with Crippen LogP contribution in [0.25, 0.3) is 0 Å². The third-order valence-corrected chi connectivity index (χ3v) is 6.61. The van der Waals surface area contributed by atoms with Gasteiger partial charge in [0.1, 0.15) is 11.4 Å². The maximum atomic E-state index is 11.9. The molecule has 0 unspecified atom stereocenters. The van der Waals surface area contributed by atoms with Gasteiger partial charge in [-0.1, -0.05) is 27.2 Å². The molecular formula is C19H32O3. The number of ketones is 1. The van der Waals surface area contributed by atoms with Crippen LogP contribution in [0, 0.1) is 22.7 Å². The second kappa shape index (κ2) is 5.65. The van der Waals surface area contributed by atoms with E-state index in [0.29, 0.717) is 17.8 Å². The lowest BCUT2D eigenvalue weighted by Gasteiger charge is -2.61. The molecule has 0 amide bonds. The molecule has 3 nitrogen and oxygen atoms in total. The average Bonchev–Trinajstić information content (AvgIpc) is 2.31. The molecule has 0 radical (unpaired) electrons. The van der Waals surface area contributed by atoms with Crippen LogP contribution in [-0.2, 0) is 14.3 Å². The lowest BCUT2D eigenvalue weighted by atomic mass is 9.45. The molecule has 0 bridgehead atoms. The van der Waals surface area contributed by atoms with Gasteiger partial charge >= 0.3 is 5.97 Å². The van der Waals surface area contributed by atoms with Crippen LogP contribution in [0.3, 0.4) is 0 Å². The number of carbonyl (C=O) groups excluding carboxylic acids is 2. The minimum Gasteiger partial charge on any atom is -0.459 e. The van der Waals surface area contributed by atoms with Crippen molar-refractivity contribution in [1.29, 1.82) is 0 Å². The SMILES string of the molecule is CC(=O)C[C@H]1[C@]2(C)CCCC(C)(C)[C@@H]2CC[C@@]1(C)OC(C)=O. The third kappa shape index (κ3) is 2.96. The normalized spacial score (nSPS) is 40.6. The van der Waals surface area contributed by atoms with Crippen LogP contribution in [0.5, 0.6) is 0 Å². The fourth-order valence-electron chi connectivity index (χ4n) is 5.79. The van der Waals surface area contributed by atoms with Crippen LogP contribution in [0.1, 0.15) is 80.1 Å². The summed E-state index contributed by atoms with van der Waals surface area (Å²) in [6, 6.07) is 0. The van der Waals surface area contributed by atoms with Gasteiger partial charge in [-0.05, 0) is 56.3 Å². The number of rotatable bonds is 3. The minimum atomic E-state index is -0.504. The molecule has 2 rings (SSSR count). The van der Waals surface area contributed by atoms with Crippen LogP contribution in [0.15, 0.2) is 0 Å². The highest BCUT2D eigenvalue weighted by molar-refractivity contribution is 5.76. The summed E-state index contributed by atoms with van der Waals surface area (Å²) in [6.07, 6.45) is 6.06. The number of hydrogen-bond donors (Lipinski definition) is 0. The maximum absolute atomic E-state index is 11.9. The Bertz CT molecular complexity index is 467. The molecule has 0 aromatic carbocycles. The molecule has 0 aromatic heterocycles. The van der Waals surface area contributed by atoms with E-state index in [9.17, 15) is 9.59 Å². The van der Waals surface area contributed by atoms with E-state index >= 15 is 0 Å². The molecule has 4 atom stereocenters. The Morgan fingerprint density at radius 3 is 2.23 bits per heavy atom. The summed E-state index contributed by atoms with van der Waals surface area (Å²) in [7, 11) is 0. The predicted molar refractivity (Wildman–Crippen MR) is 87.4 cm³/mol. The summed E-state index contributed by atoms with van der Waals surface area (Å²) in [6.45, 7) is 12.3. The zero-order chi connectivity index (χ0) is 16.8. The first-order valence-corrected chi connectivity index (χ1v) is 8.70. The highest BCUT2D eigenvalue weighted by Gasteiger charge is 2.59. The average molecular weight is 308 g/mol. The van der Waals surface area contributed by atoms with Crippen LogP contribution in [0.2, 0.25) is 0 Å². The largest absolute Gasteiger partial charge is 0.459 e. The second-order valence-electron chi connectivity index (χ2n) is 8.80. The molecule has 2 fully saturated rings. The number of carbonyl (C=O) groups is 2. The first-order valence-electron chi connectivity index (χ1n) is 8.70. The molecule has 0 aromatic rings. The standard InChI is InChI=1S/C19H32O3/c1-13(20)12-16-18(5)10-7-9-17(3,4)15(18)8-11-19(16,6)22-14(2)21/h15-16H,7-12H2,1-6H3/t15-,16-,18+,19+/m0/s1. The molecule has 0 N–H and O–H groups in total. The number of hydrogen-bond acceptors (Lipinski definition) is 3. The highest BCUT2D eigenvalue weighted by Crippen LogP contribution is 2.63. The summed E-state index contributed by atoms with van der Waals surface area (Å²) in [5.74, 6) is 0.697. The van der Waals surface area contributed by atoms with Crippen molar-refractivity contribution < 1.29 is 14.3 Å². The number of fused-ring (bicyclic) bond motifs is 1. The van der Waals surface area contributed by atoms with Crippen molar-refractivity contribution in [2.24, 2.45) is 22.7 Å². The topological polar surface area (TPSA) is 43.4 Å². The van der Waals surface area contributed by atoms with Crippen LogP contribution >= 0.6 is 0 Å². The monoisotopic (exact) mass is 308 g/mol. The van der Waals surface area contributed by atoms with E-state index in [0.717, 1.165) is 19.3 Å². The van der Waals surface area contributed by atoms with Crippen LogP contribution in [-0.4, -0.2) is 17.4 Å². The van der Waals surface area contributed by atoms with Crippen molar-refractivity contribution in [1.82, 2.24) is 0 Å². The van der Waals surface area contributed by atoms with Gasteiger partial charge in [-0.3, -0.25) is 4.79 Å². The smallest absolute Gasteiger partial charge is 0.303 e. The Morgan fingerprint density at radius 2 is 1.68 bits per heavy atom. The number of esters is 1. The van der Waals surface area contributed by atoms with E-state index in [1.54, 1.807) is 6.92 Å². The number of ether oxygens (including phenoxy) is 1. The lowest BCUT2D eigenvalue weighted by molar-refractivity contribution is -0.199. The van der Waals surface area contributed by atoms with Crippen molar-refractivity contribution in [3.05, 3.63) is 0 Å². The van der Waals surface area contributed by atoms with Crippen molar-refractivity contribution >= 4 is 11.8 Å². The van der Waals surface area contributed by atoms with Gasteiger partial charge in [0, 0.05) is 19.3 Å². The lowest BCUT2D eigenvalue weighted by Crippen LogP contribution is -2.59. The quantitative estimate of drug-likeness (QED) is 0.719. The summed E-state index contributed by atoms with van der Waals surface area (Å²) >= 11 is 0. The van der Waals surface area contributed by atoms with Crippen molar-refractivity contribution in [3.8, 4) is 0 Å². The van der Waals surface area contributed by atoms with Crippen LogP contribution < -0.4 is 0 Å². The molecule has 0 heterocycles. The van der Waals surface area contributed by atoms with E-state index in [1.165, 1.54) is 19.8 Å². The minimum absolute atomic E-state index is 0.0792. The van der Waals surface area contributed by atoms with Gasteiger partial charge in [-0.15, -0.1) is 0 Å². The Hall–Kier alpha value is -0.860. The van der Waals surface area contributed by atoms with Crippen molar-refractivity contribution in [2.45, 2.75) is 85.7 Å². The van der Waals surface area contributed by atoms with Gasteiger partial charge in [0.25, 0.3) is 0 Å². The highest BCUT2D eigenvalue weighted by atomic mass is 16.6. The van der Waals surface area contributed by atoms with Gasteiger partial charge in [0.05, 0.1) is 0 Å². The first kappa shape index (κ1) is 17.5.